The molecule has 1 unspecified atom stereocenters. The summed E-state index contributed by atoms with van der Waals surface area (Å²) in [4.78, 5) is 29.3. The van der Waals surface area contributed by atoms with Crippen LogP contribution >= 0.6 is 11.3 Å². The van der Waals surface area contributed by atoms with Crippen LogP contribution in [0.1, 0.15) is 26.5 Å². The number of ether oxygens (including phenoxy) is 1. The van der Waals surface area contributed by atoms with Crippen LogP contribution in [0.2, 0.25) is 0 Å². The summed E-state index contributed by atoms with van der Waals surface area (Å²) in [5.74, 6) is -1.23. The lowest BCUT2D eigenvalue weighted by Gasteiger charge is -2.13. The third-order valence-electron chi connectivity index (χ3n) is 4.95. The van der Waals surface area contributed by atoms with Crippen LogP contribution in [0.15, 0.2) is 41.8 Å². The first kappa shape index (κ1) is 21.0. The predicted molar refractivity (Wildman–Crippen MR) is 115 cm³/mol. The summed E-state index contributed by atoms with van der Waals surface area (Å²) in [6, 6.07) is 10.6. The Morgan fingerprint density at radius 1 is 1.19 bits per heavy atom. The molecule has 1 aliphatic rings. The van der Waals surface area contributed by atoms with E-state index >= 15 is 0 Å². The molecule has 1 aromatic carbocycles. The van der Waals surface area contributed by atoms with E-state index in [4.69, 9.17) is 9.84 Å². The molecule has 1 aliphatic heterocycles. The van der Waals surface area contributed by atoms with E-state index in [9.17, 15) is 19.8 Å². The molecule has 31 heavy (non-hydrogen) atoms. The van der Waals surface area contributed by atoms with E-state index in [2.05, 4.69) is 16.4 Å². The number of amides is 1. The van der Waals surface area contributed by atoms with Gasteiger partial charge in [-0.05, 0) is 46.8 Å². The van der Waals surface area contributed by atoms with Gasteiger partial charge in [0, 0.05) is 29.0 Å². The van der Waals surface area contributed by atoms with Crippen LogP contribution in [0, 0.1) is 0 Å². The fourth-order valence-corrected chi connectivity index (χ4v) is 4.37. The number of carbonyl (C=O) groups excluding carboxylic acids is 1. The number of aromatic carboxylic acids is 1. The molecule has 2 aromatic heterocycles. The Labute approximate surface area is 181 Å². The van der Waals surface area contributed by atoms with Gasteiger partial charge in [0.15, 0.2) is 5.69 Å². The summed E-state index contributed by atoms with van der Waals surface area (Å²) < 4.78 is 5.91. The summed E-state index contributed by atoms with van der Waals surface area (Å²) >= 11 is 1.64. The first-order valence-corrected chi connectivity index (χ1v) is 10.5. The van der Waals surface area contributed by atoms with Crippen molar-refractivity contribution in [1.82, 2.24) is 10.3 Å². The summed E-state index contributed by atoms with van der Waals surface area (Å²) in [6.07, 6.45) is -0.301. The van der Waals surface area contributed by atoms with E-state index in [0.717, 1.165) is 16.9 Å². The number of thiophene rings is 1. The molecule has 3 aromatic rings. The minimum Gasteiger partial charge on any atom is -0.493 e. The van der Waals surface area contributed by atoms with Gasteiger partial charge in [0.2, 0.25) is 0 Å². The number of carboxylic acid groups (broad SMARTS) is 1. The highest BCUT2D eigenvalue weighted by molar-refractivity contribution is 7.13. The Morgan fingerprint density at radius 3 is 2.77 bits per heavy atom. The minimum atomic E-state index is -1.27. The number of aromatic nitrogens is 1. The van der Waals surface area contributed by atoms with E-state index in [-0.39, 0.29) is 17.9 Å². The van der Waals surface area contributed by atoms with E-state index in [1.807, 2.05) is 17.5 Å². The molecule has 0 spiro atoms. The number of nitrogens with zero attached hydrogens (tertiary/aromatic N) is 1. The number of fused-ring (bicyclic) bond motifs is 3. The maximum absolute atomic E-state index is 12.2. The molecule has 1 amide bonds. The Balaban J connectivity index is 1.68. The summed E-state index contributed by atoms with van der Waals surface area (Å²) in [7, 11) is 0. The predicted octanol–water partition coefficient (Wildman–Crippen LogP) is 2.19. The number of carboxylic acids is 1. The van der Waals surface area contributed by atoms with Crippen molar-refractivity contribution in [2.45, 2.75) is 12.5 Å². The molecule has 0 aliphatic carbocycles. The van der Waals surface area contributed by atoms with E-state index < -0.39 is 24.6 Å². The van der Waals surface area contributed by atoms with Crippen LogP contribution < -0.4 is 10.1 Å². The van der Waals surface area contributed by atoms with Crippen molar-refractivity contribution >= 4 is 23.2 Å². The normalized spacial score (nSPS) is 13.4. The fraction of sp³-hybridized carbons (Fsp3) is 0.227. The largest absolute Gasteiger partial charge is 0.493 e. The first-order chi connectivity index (χ1) is 15.0. The first-order valence-electron chi connectivity index (χ1n) is 9.63. The van der Waals surface area contributed by atoms with Crippen LogP contribution in [0.25, 0.3) is 21.6 Å². The van der Waals surface area contributed by atoms with Gasteiger partial charge in [-0.25, -0.2) is 9.78 Å². The lowest BCUT2D eigenvalue weighted by Crippen LogP contribution is -2.34. The Bertz CT molecular complexity index is 1140. The highest BCUT2D eigenvalue weighted by Crippen LogP contribution is 2.41. The zero-order valence-electron chi connectivity index (χ0n) is 16.4. The second kappa shape index (κ2) is 8.84. The Morgan fingerprint density at radius 2 is 2.00 bits per heavy atom. The number of hydrogen-bond donors (Lipinski definition) is 4. The van der Waals surface area contributed by atoms with Crippen LogP contribution in [0.5, 0.6) is 5.75 Å². The third kappa shape index (κ3) is 4.29. The molecule has 4 N–H and O–H groups in total. The molecular formula is C22H20N2O6S. The standard InChI is InChI=1S/C22H20N2O6S/c25-11-14(26)10-23-21(27)17-4-3-15(19(24-17)22(28)29)13-1-2-16-18(9-13)30-7-5-12-6-8-31-20(12)16/h1-4,6,8-9,14,25-26H,5,7,10-11H2,(H,23,27)(H,28,29). The Kier molecular flexibility index (Phi) is 5.99. The molecule has 0 saturated carbocycles. The van der Waals surface area contributed by atoms with Gasteiger partial charge in [0.1, 0.15) is 11.4 Å². The van der Waals surface area contributed by atoms with Gasteiger partial charge >= 0.3 is 5.97 Å². The van der Waals surface area contributed by atoms with Crippen molar-refractivity contribution in [2.75, 3.05) is 19.8 Å². The van der Waals surface area contributed by atoms with E-state index in [1.54, 1.807) is 17.4 Å². The van der Waals surface area contributed by atoms with E-state index in [1.165, 1.54) is 17.7 Å². The number of aliphatic hydroxyl groups is 2. The summed E-state index contributed by atoms with van der Waals surface area (Å²) in [6.45, 7) is -0.141. The highest BCUT2D eigenvalue weighted by atomic mass is 32.1. The van der Waals surface area contributed by atoms with Gasteiger partial charge in [0.05, 0.1) is 19.3 Å². The Hall–Kier alpha value is -3.27. The molecule has 160 valence electrons. The second-order valence-corrected chi connectivity index (χ2v) is 7.94. The molecule has 0 fully saturated rings. The van der Waals surface area contributed by atoms with Crippen LogP contribution in [-0.4, -0.2) is 58.0 Å². The van der Waals surface area contributed by atoms with Crippen molar-refractivity contribution in [3.63, 3.8) is 0 Å². The number of aliphatic hydroxyl groups excluding tert-OH is 2. The maximum Gasteiger partial charge on any atom is 0.355 e. The van der Waals surface area contributed by atoms with Gasteiger partial charge in [-0.2, -0.15) is 0 Å². The monoisotopic (exact) mass is 440 g/mol. The number of rotatable bonds is 6. The van der Waals surface area contributed by atoms with Crippen LogP contribution in [0.3, 0.4) is 0 Å². The average molecular weight is 440 g/mol. The highest BCUT2D eigenvalue weighted by Gasteiger charge is 2.21. The quantitative estimate of drug-likeness (QED) is 0.462. The minimum absolute atomic E-state index is 0.0967. The van der Waals surface area contributed by atoms with Gasteiger partial charge in [0.25, 0.3) is 5.91 Å². The molecule has 8 nitrogen and oxygen atoms in total. The van der Waals surface area contributed by atoms with Crippen molar-refractivity contribution < 1.29 is 29.6 Å². The number of pyridine rings is 1. The molecule has 9 heteroatoms. The smallest absolute Gasteiger partial charge is 0.355 e. The molecule has 0 radical (unpaired) electrons. The lowest BCUT2D eigenvalue weighted by molar-refractivity contribution is 0.0691. The molecule has 1 atom stereocenters. The fourth-order valence-electron chi connectivity index (χ4n) is 3.38. The number of carbonyl (C=O) groups is 2. The summed E-state index contributed by atoms with van der Waals surface area (Å²) in [5, 5.41) is 32.3. The molecule has 4 rings (SSSR count). The molecule has 3 heterocycles. The number of benzene rings is 1. The number of hydrogen-bond acceptors (Lipinski definition) is 7. The van der Waals surface area contributed by atoms with Gasteiger partial charge in [-0.1, -0.05) is 6.07 Å². The van der Waals surface area contributed by atoms with Crippen molar-refractivity contribution in [3.8, 4) is 27.3 Å². The second-order valence-electron chi connectivity index (χ2n) is 7.03. The average Bonchev–Trinajstić information content (AvgIpc) is 3.18. The summed E-state index contributed by atoms with van der Waals surface area (Å²) in [5.41, 5.74) is 2.81. The van der Waals surface area contributed by atoms with Gasteiger partial charge in [-0.15, -0.1) is 11.3 Å². The van der Waals surface area contributed by atoms with Crippen molar-refractivity contribution in [1.29, 1.82) is 0 Å². The molecule has 0 saturated heterocycles. The maximum atomic E-state index is 12.2. The zero-order valence-corrected chi connectivity index (χ0v) is 17.2. The van der Waals surface area contributed by atoms with Crippen LogP contribution in [0.4, 0.5) is 0 Å². The zero-order chi connectivity index (χ0) is 22.0. The SMILES string of the molecule is O=C(NCC(O)CO)c1ccc(-c2ccc3c(c2)OCCc2ccsc2-3)c(C(=O)O)n1. The van der Waals surface area contributed by atoms with Crippen molar-refractivity contribution in [3.05, 3.63) is 58.7 Å². The number of nitrogens with one attached hydrogen (secondary N) is 1. The van der Waals surface area contributed by atoms with Gasteiger partial charge < -0.3 is 25.4 Å². The third-order valence-corrected chi connectivity index (χ3v) is 5.94. The topological polar surface area (TPSA) is 129 Å². The van der Waals surface area contributed by atoms with Crippen LogP contribution in [-0.2, 0) is 6.42 Å². The molecular weight excluding hydrogens is 420 g/mol. The van der Waals surface area contributed by atoms with Crippen molar-refractivity contribution in [2.24, 2.45) is 0 Å². The van der Waals surface area contributed by atoms with Gasteiger partial charge in [-0.3, -0.25) is 4.79 Å². The lowest BCUT2D eigenvalue weighted by atomic mass is 9.99. The molecule has 0 bridgehead atoms. The van der Waals surface area contributed by atoms with E-state index in [0.29, 0.717) is 23.5 Å².